The van der Waals surface area contributed by atoms with E-state index in [4.69, 9.17) is 11.6 Å². The van der Waals surface area contributed by atoms with Gasteiger partial charge in [0.05, 0.1) is 11.9 Å². The van der Waals surface area contributed by atoms with Crippen molar-refractivity contribution < 1.29 is 22.7 Å². The molecule has 9 nitrogen and oxygen atoms in total. The number of nitrogens with zero attached hydrogens (tertiary/aromatic N) is 3. The number of fused-ring (bicyclic) bond motifs is 1. The average Bonchev–Trinajstić information content (AvgIpc) is 3.01. The van der Waals surface area contributed by atoms with Gasteiger partial charge in [0, 0.05) is 16.8 Å². The number of sulfonamides is 1. The SMILES string of the molecule is CC(C)(C)NS(=O)(=O)c1cnn2c(Nc3cc(Cl)ccc3F)c(C(=O)O)cnc12. The van der Waals surface area contributed by atoms with E-state index in [9.17, 15) is 22.7 Å². The molecule has 0 spiro atoms. The van der Waals surface area contributed by atoms with Crippen molar-refractivity contribution >= 4 is 44.7 Å². The van der Waals surface area contributed by atoms with Crippen LogP contribution < -0.4 is 10.0 Å². The van der Waals surface area contributed by atoms with Crippen molar-refractivity contribution in [3.8, 4) is 0 Å². The summed E-state index contributed by atoms with van der Waals surface area (Å²) in [5.41, 5.74) is -1.34. The summed E-state index contributed by atoms with van der Waals surface area (Å²) in [5, 5.41) is 16.3. The Kier molecular flexibility index (Phi) is 5.24. The maximum atomic E-state index is 14.1. The number of hydrogen-bond donors (Lipinski definition) is 3. The zero-order valence-electron chi connectivity index (χ0n) is 15.6. The first-order valence-electron chi connectivity index (χ1n) is 8.25. The molecular formula is C17H17ClFN5O4S. The highest BCUT2D eigenvalue weighted by atomic mass is 35.5. The minimum absolute atomic E-state index is 0.111. The summed E-state index contributed by atoms with van der Waals surface area (Å²) >= 11 is 5.88. The van der Waals surface area contributed by atoms with E-state index in [1.165, 1.54) is 12.1 Å². The van der Waals surface area contributed by atoms with E-state index < -0.39 is 27.3 Å². The molecule has 154 valence electrons. The van der Waals surface area contributed by atoms with Crippen LogP contribution in [0.3, 0.4) is 0 Å². The van der Waals surface area contributed by atoms with E-state index >= 15 is 0 Å². The monoisotopic (exact) mass is 441 g/mol. The van der Waals surface area contributed by atoms with Gasteiger partial charge in [0.15, 0.2) is 11.5 Å². The number of aromatic carboxylic acids is 1. The van der Waals surface area contributed by atoms with Gasteiger partial charge in [0.1, 0.15) is 16.3 Å². The Bertz CT molecular complexity index is 1220. The van der Waals surface area contributed by atoms with E-state index in [0.29, 0.717) is 0 Å². The first-order valence-corrected chi connectivity index (χ1v) is 10.1. The van der Waals surface area contributed by atoms with Crippen LogP contribution in [0.1, 0.15) is 31.1 Å². The Morgan fingerprint density at radius 2 is 1.97 bits per heavy atom. The predicted molar refractivity (Wildman–Crippen MR) is 105 cm³/mol. The smallest absolute Gasteiger partial charge is 0.341 e. The van der Waals surface area contributed by atoms with Crippen LogP contribution in [0.5, 0.6) is 0 Å². The molecule has 2 aromatic heterocycles. The summed E-state index contributed by atoms with van der Waals surface area (Å²) < 4.78 is 43.0. The molecule has 3 N–H and O–H groups in total. The molecule has 0 aliphatic rings. The van der Waals surface area contributed by atoms with E-state index in [2.05, 4.69) is 20.1 Å². The fourth-order valence-electron chi connectivity index (χ4n) is 2.56. The van der Waals surface area contributed by atoms with Crippen molar-refractivity contribution in [3.05, 3.63) is 47.0 Å². The Hall–Kier alpha value is -2.76. The Morgan fingerprint density at radius 1 is 1.28 bits per heavy atom. The largest absolute Gasteiger partial charge is 0.477 e. The molecule has 0 amide bonds. The number of hydrogen-bond acceptors (Lipinski definition) is 6. The van der Waals surface area contributed by atoms with Gasteiger partial charge in [0.25, 0.3) is 0 Å². The number of rotatable bonds is 5. The van der Waals surface area contributed by atoms with E-state index in [-0.39, 0.29) is 32.6 Å². The summed E-state index contributed by atoms with van der Waals surface area (Å²) in [4.78, 5) is 15.3. The zero-order chi connectivity index (χ0) is 21.6. The van der Waals surface area contributed by atoms with Crippen LogP contribution in [0.4, 0.5) is 15.9 Å². The third kappa shape index (κ3) is 4.31. The zero-order valence-corrected chi connectivity index (χ0v) is 17.1. The molecule has 0 atom stereocenters. The Morgan fingerprint density at radius 3 is 2.59 bits per heavy atom. The highest BCUT2D eigenvalue weighted by Crippen LogP contribution is 2.28. The Balaban J connectivity index is 2.21. The predicted octanol–water partition coefficient (Wildman–Crippen LogP) is 3.04. The van der Waals surface area contributed by atoms with E-state index in [0.717, 1.165) is 23.0 Å². The number of halogens is 2. The van der Waals surface area contributed by atoms with Crippen molar-refractivity contribution in [1.29, 1.82) is 0 Å². The second kappa shape index (κ2) is 7.25. The van der Waals surface area contributed by atoms with E-state index in [1.54, 1.807) is 20.8 Å². The van der Waals surface area contributed by atoms with Crippen LogP contribution in [-0.4, -0.2) is 39.6 Å². The maximum absolute atomic E-state index is 14.1. The molecule has 0 saturated carbocycles. The van der Waals surface area contributed by atoms with E-state index in [1.807, 2.05) is 0 Å². The number of carboxylic acids is 1. The van der Waals surface area contributed by atoms with Gasteiger partial charge in [-0.25, -0.2) is 27.3 Å². The van der Waals surface area contributed by atoms with Crippen molar-refractivity contribution in [2.24, 2.45) is 0 Å². The van der Waals surface area contributed by atoms with Gasteiger partial charge in [-0.1, -0.05) is 11.6 Å². The lowest BCUT2D eigenvalue weighted by Crippen LogP contribution is -2.40. The van der Waals surface area contributed by atoms with Gasteiger partial charge in [-0.15, -0.1) is 0 Å². The minimum Gasteiger partial charge on any atom is -0.477 e. The van der Waals surface area contributed by atoms with Gasteiger partial charge >= 0.3 is 5.97 Å². The third-order valence-corrected chi connectivity index (χ3v) is 5.62. The second-order valence-corrected chi connectivity index (χ2v) is 9.26. The molecule has 2 heterocycles. The van der Waals surface area contributed by atoms with Gasteiger partial charge in [0.2, 0.25) is 10.0 Å². The molecular weight excluding hydrogens is 425 g/mol. The van der Waals surface area contributed by atoms with Crippen LogP contribution in [0.15, 0.2) is 35.5 Å². The van der Waals surface area contributed by atoms with Crippen molar-refractivity contribution in [1.82, 2.24) is 19.3 Å². The highest BCUT2D eigenvalue weighted by molar-refractivity contribution is 7.89. The van der Waals surface area contributed by atoms with Crippen molar-refractivity contribution in [3.63, 3.8) is 0 Å². The number of nitrogens with one attached hydrogen (secondary N) is 2. The lowest BCUT2D eigenvalue weighted by Gasteiger charge is -2.19. The minimum atomic E-state index is -4.01. The fraction of sp³-hybridized carbons (Fsp3) is 0.235. The number of carboxylic acid groups (broad SMARTS) is 1. The molecule has 29 heavy (non-hydrogen) atoms. The summed E-state index contributed by atoms with van der Waals surface area (Å²) in [6, 6.07) is 3.70. The second-order valence-electron chi connectivity index (χ2n) is 7.17. The van der Waals surface area contributed by atoms with Crippen LogP contribution in [0.25, 0.3) is 5.65 Å². The normalized spacial score (nSPS) is 12.3. The first-order chi connectivity index (χ1) is 13.4. The quantitative estimate of drug-likeness (QED) is 0.555. The summed E-state index contributed by atoms with van der Waals surface area (Å²) in [6.45, 7) is 5.00. The summed E-state index contributed by atoms with van der Waals surface area (Å²) in [7, 11) is -4.01. The van der Waals surface area contributed by atoms with Gasteiger partial charge in [-0.3, -0.25) is 0 Å². The lowest BCUT2D eigenvalue weighted by atomic mass is 10.1. The van der Waals surface area contributed by atoms with Gasteiger partial charge in [-0.05, 0) is 39.0 Å². The third-order valence-electron chi connectivity index (χ3n) is 3.64. The van der Waals surface area contributed by atoms with Crippen LogP contribution >= 0.6 is 11.6 Å². The van der Waals surface area contributed by atoms with Crippen LogP contribution in [0.2, 0.25) is 5.02 Å². The fourth-order valence-corrected chi connectivity index (χ4v) is 4.21. The molecule has 0 aliphatic heterocycles. The van der Waals surface area contributed by atoms with Gasteiger partial charge in [-0.2, -0.15) is 9.61 Å². The number of anilines is 2. The first kappa shape index (κ1) is 21.0. The average molecular weight is 442 g/mol. The molecule has 0 radical (unpaired) electrons. The molecule has 0 fully saturated rings. The molecule has 0 aliphatic carbocycles. The molecule has 0 unspecified atom stereocenters. The molecule has 3 rings (SSSR count). The number of carbonyl (C=O) groups is 1. The van der Waals surface area contributed by atoms with Crippen LogP contribution in [-0.2, 0) is 10.0 Å². The number of benzene rings is 1. The molecule has 0 saturated heterocycles. The van der Waals surface area contributed by atoms with Crippen molar-refractivity contribution in [2.45, 2.75) is 31.2 Å². The molecule has 12 heteroatoms. The maximum Gasteiger partial charge on any atom is 0.341 e. The molecule has 3 aromatic rings. The standard InChI is InChI=1S/C17H17ClFN5O4S/c1-17(2,3)23-29(27,28)13-8-21-24-14(10(16(25)26)7-20-15(13)24)22-12-6-9(18)4-5-11(12)19/h4-8,22-23H,1-3H3,(H,25,26). The molecule has 0 bridgehead atoms. The Labute approximate surface area is 170 Å². The number of aromatic nitrogens is 3. The lowest BCUT2D eigenvalue weighted by molar-refractivity contribution is 0.0697. The molecule has 1 aromatic carbocycles. The van der Waals surface area contributed by atoms with Crippen LogP contribution in [0, 0.1) is 5.82 Å². The highest BCUT2D eigenvalue weighted by Gasteiger charge is 2.28. The summed E-state index contributed by atoms with van der Waals surface area (Å²) in [5.74, 6) is -2.23. The summed E-state index contributed by atoms with van der Waals surface area (Å²) in [6.07, 6.45) is 2.02. The van der Waals surface area contributed by atoms with Crippen molar-refractivity contribution in [2.75, 3.05) is 5.32 Å². The van der Waals surface area contributed by atoms with Gasteiger partial charge < -0.3 is 10.4 Å². The topological polar surface area (TPSA) is 126 Å².